The van der Waals surface area contributed by atoms with Gasteiger partial charge in [-0.15, -0.1) is 0 Å². The molecule has 12 heavy (non-hydrogen) atoms. The molecule has 0 saturated carbocycles. The number of hydrogen-bond donors (Lipinski definition) is 2. The fourth-order valence-electron chi connectivity index (χ4n) is 0.908. The van der Waals surface area contributed by atoms with Gasteiger partial charge < -0.3 is 9.84 Å². The number of pyridine rings is 1. The monoisotopic (exact) mass is 169 g/mol. The van der Waals surface area contributed by atoms with Crippen LogP contribution in [0.5, 0.6) is 5.88 Å². The van der Waals surface area contributed by atoms with Crippen molar-refractivity contribution < 1.29 is 9.84 Å². The molecule has 66 valence electrons. The molecule has 0 atom stereocenters. The van der Waals surface area contributed by atoms with Gasteiger partial charge in [0.25, 0.3) is 5.56 Å². The first kappa shape index (κ1) is 8.80. The number of H-pyrrole nitrogens is 1. The number of methoxy groups -OCH3 is 1. The average Bonchev–Trinajstić information content (AvgIpc) is 2.03. The van der Waals surface area contributed by atoms with E-state index in [1.54, 1.807) is 13.2 Å². The van der Waals surface area contributed by atoms with E-state index in [1.165, 1.54) is 6.07 Å². The van der Waals surface area contributed by atoms with Gasteiger partial charge in [-0.25, -0.2) is 0 Å². The number of ether oxygens (including phenoxy) is 1. The van der Waals surface area contributed by atoms with Crippen LogP contribution in [0.25, 0.3) is 0 Å². The van der Waals surface area contributed by atoms with Crippen LogP contribution in [0.4, 0.5) is 0 Å². The Labute approximate surface area is 69.8 Å². The highest BCUT2D eigenvalue weighted by molar-refractivity contribution is 5.23. The standard InChI is InChI=1S/C8H11NO3/c1-12-5-4-6-2-3-7(10)9-8(6)11/h2-3H,4-5H2,1H3,(H2,9,10,11). The van der Waals surface area contributed by atoms with Crippen LogP contribution in [0.2, 0.25) is 0 Å². The second-order valence-corrected chi connectivity index (χ2v) is 2.44. The first-order valence-corrected chi connectivity index (χ1v) is 3.64. The lowest BCUT2D eigenvalue weighted by Gasteiger charge is -2.01. The molecule has 0 saturated heterocycles. The fraction of sp³-hybridized carbons (Fsp3) is 0.375. The molecular weight excluding hydrogens is 158 g/mol. The second kappa shape index (κ2) is 3.92. The number of nitrogens with one attached hydrogen (secondary N) is 1. The maximum absolute atomic E-state index is 10.7. The number of aromatic hydroxyl groups is 1. The largest absolute Gasteiger partial charge is 0.494 e. The molecule has 0 radical (unpaired) electrons. The number of aromatic nitrogens is 1. The first-order chi connectivity index (χ1) is 5.74. The van der Waals surface area contributed by atoms with Crippen LogP contribution in [0.15, 0.2) is 16.9 Å². The van der Waals surface area contributed by atoms with E-state index in [0.717, 1.165) is 0 Å². The minimum atomic E-state index is -0.298. The number of rotatable bonds is 3. The van der Waals surface area contributed by atoms with Gasteiger partial charge in [-0.3, -0.25) is 9.78 Å². The Bertz CT molecular complexity index is 305. The molecule has 0 aliphatic heterocycles. The first-order valence-electron chi connectivity index (χ1n) is 3.64. The number of hydrogen-bond acceptors (Lipinski definition) is 3. The molecule has 2 N–H and O–H groups in total. The van der Waals surface area contributed by atoms with E-state index in [2.05, 4.69) is 4.98 Å². The summed E-state index contributed by atoms with van der Waals surface area (Å²) >= 11 is 0. The van der Waals surface area contributed by atoms with E-state index in [-0.39, 0.29) is 11.4 Å². The highest BCUT2D eigenvalue weighted by Crippen LogP contribution is 2.09. The van der Waals surface area contributed by atoms with Crippen LogP contribution in [-0.4, -0.2) is 23.8 Å². The van der Waals surface area contributed by atoms with Gasteiger partial charge in [-0.05, 0) is 6.07 Å². The van der Waals surface area contributed by atoms with Gasteiger partial charge in [0.15, 0.2) is 5.88 Å². The predicted molar refractivity (Wildman–Crippen MR) is 44.3 cm³/mol. The molecule has 1 rings (SSSR count). The third-order valence-corrected chi connectivity index (χ3v) is 1.56. The van der Waals surface area contributed by atoms with Gasteiger partial charge in [-0.2, -0.15) is 0 Å². The lowest BCUT2D eigenvalue weighted by atomic mass is 10.2. The van der Waals surface area contributed by atoms with Gasteiger partial charge in [0.2, 0.25) is 0 Å². The molecule has 0 bridgehead atoms. The minimum Gasteiger partial charge on any atom is -0.494 e. The Kier molecular flexibility index (Phi) is 2.88. The normalized spacial score (nSPS) is 10.1. The molecule has 4 nitrogen and oxygen atoms in total. The summed E-state index contributed by atoms with van der Waals surface area (Å²) < 4.78 is 4.83. The SMILES string of the molecule is COCCc1ccc(=O)[nH]c1O. The van der Waals surface area contributed by atoms with E-state index < -0.39 is 0 Å². The molecule has 4 heteroatoms. The second-order valence-electron chi connectivity index (χ2n) is 2.44. The van der Waals surface area contributed by atoms with Crippen molar-refractivity contribution in [3.63, 3.8) is 0 Å². The third kappa shape index (κ3) is 2.10. The molecule has 1 aromatic rings. The van der Waals surface area contributed by atoms with Crippen LogP contribution in [0.1, 0.15) is 5.56 Å². The fourth-order valence-corrected chi connectivity index (χ4v) is 0.908. The zero-order valence-electron chi connectivity index (χ0n) is 6.83. The number of aromatic amines is 1. The van der Waals surface area contributed by atoms with Crippen LogP contribution in [-0.2, 0) is 11.2 Å². The van der Waals surface area contributed by atoms with E-state index >= 15 is 0 Å². The van der Waals surface area contributed by atoms with Crippen molar-refractivity contribution in [3.05, 3.63) is 28.0 Å². The zero-order valence-corrected chi connectivity index (χ0v) is 6.83. The molecule has 0 fully saturated rings. The topological polar surface area (TPSA) is 62.3 Å². The lowest BCUT2D eigenvalue weighted by Crippen LogP contribution is -2.05. The summed E-state index contributed by atoms with van der Waals surface area (Å²) in [5.74, 6) is -0.0699. The predicted octanol–water partition coefficient (Wildman–Crippen LogP) is 0.269. The zero-order chi connectivity index (χ0) is 8.97. The van der Waals surface area contributed by atoms with Crippen molar-refractivity contribution in [2.24, 2.45) is 0 Å². The van der Waals surface area contributed by atoms with Gasteiger partial charge >= 0.3 is 0 Å². The summed E-state index contributed by atoms with van der Waals surface area (Å²) in [6.45, 7) is 0.527. The molecule has 0 aliphatic carbocycles. The van der Waals surface area contributed by atoms with Crippen LogP contribution >= 0.6 is 0 Å². The van der Waals surface area contributed by atoms with Gasteiger partial charge in [-0.1, -0.05) is 0 Å². The Hall–Kier alpha value is -1.29. The molecular formula is C8H11NO3. The van der Waals surface area contributed by atoms with E-state index in [0.29, 0.717) is 18.6 Å². The van der Waals surface area contributed by atoms with E-state index in [9.17, 15) is 9.90 Å². The van der Waals surface area contributed by atoms with Gasteiger partial charge in [0, 0.05) is 25.2 Å². The van der Waals surface area contributed by atoms with Crippen molar-refractivity contribution in [2.75, 3.05) is 13.7 Å². The highest BCUT2D eigenvalue weighted by atomic mass is 16.5. The Balaban J connectivity index is 2.79. The Morgan fingerprint density at radius 2 is 2.33 bits per heavy atom. The summed E-state index contributed by atoms with van der Waals surface area (Å²) in [4.78, 5) is 13.0. The minimum absolute atomic E-state index is 0.0699. The third-order valence-electron chi connectivity index (χ3n) is 1.56. The van der Waals surface area contributed by atoms with Crippen LogP contribution in [0.3, 0.4) is 0 Å². The van der Waals surface area contributed by atoms with Crippen molar-refractivity contribution >= 4 is 0 Å². The van der Waals surface area contributed by atoms with Crippen molar-refractivity contribution in [1.29, 1.82) is 0 Å². The smallest absolute Gasteiger partial charge is 0.250 e. The van der Waals surface area contributed by atoms with E-state index in [1.807, 2.05) is 0 Å². The molecule has 0 unspecified atom stereocenters. The quantitative estimate of drug-likeness (QED) is 0.682. The summed E-state index contributed by atoms with van der Waals surface area (Å²) in [5.41, 5.74) is 0.394. The van der Waals surface area contributed by atoms with Crippen LogP contribution < -0.4 is 5.56 Å². The summed E-state index contributed by atoms with van der Waals surface area (Å²) in [5, 5.41) is 9.21. The summed E-state index contributed by atoms with van der Waals surface area (Å²) in [6.07, 6.45) is 0.596. The van der Waals surface area contributed by atoms with Gasteiger partial charge in [0.05, 0.1) is 6.61 Å². The molecule has 0 spiro atoms. The Morgan fingerprint density at radius 1 is 1.58 bits per heavy atom. The van der Waals surface area contributed by atoms with Gasteiger partial charge in [0.1, 0.15) is 0 Å². The maximum atomic E-state index is 10.7. The molecule has 1 heterocycles. The highest BCUT2D eigenvalue weighted by Gasteiger charge is 2.00. The summed E-state index contributed by atoms with van der Waals surface area (Å²) in [7, 11) is 1.59. The average molecular weight is 169 g/mol. The van der Waals surface area contributed by atoms with Crippen LogP contribution in [0, 0.1) is 0 Å². The lowest BCUT2D eigenvalue weighted by molar-refractivity contribution is 0.201. The molecule has 0 amide bonds. The molecule has 0 aliphatic rings. The summed E-state index contributed by atoms with van der Waals surface area (Å²) in [6, 6.07) is 2.97. The molecule has 1 aromatic heterocycles. The van der Waals surface area contributed by atoms with Crippen molar-refractivity contribution in [3.8, 4) is 5.88 Å². The van der Waals surface area contributed by atoms with Crippen molar-refractivity contribution in [2.45, 2.75) is 6.42 Å². The van der Waals surface area contributed by atoms with E-state index in [4.69, 9.17) is 4.74 Å². The Morgan fingerprint density at radius 3 is 2.92 bits per heavy atom. The maximum Gasteiger partial charge on any atom is 0.250 e. The van der Waals surface area contributed by atoms with Crippen molar-refractivity contribution in [1.82, 2.24) is 4.98 Å². The molecule has 0 aromatic carbocycles.